The van der Waals surface area contributed by atoms with Crippen LogP contribution in [0.5, 0.6) is 5.75 Å². The van der Waals surface area contributed by atoms with Crippen molar-refractivity contribution in [3.05, 3.63) is 84.2 Å². The molecule has 2 saturated carbocycles. The molecule has 4 atom stereocenters. The molecule has 254 valence electrons. The quantitative estimate of drug-likeness (QED) is 0.251. The van der Waals surface area contributed by atoms with Crippen LogP contribution in [0.1, 0.15) is 50.2 Å². The lowest BCUT2D eigenvalue weighted by Crippen LogP contribution is -2.58. The average Bonchev–Trinajstić information content (AvgIpc) is 3.39. The molecule has 3 aliphatic rings. The highest BCUT2D eigenvalue weighted by Gasteiger charge is 2.63. The van der Waals surface area contributed by atoms with Crippen molar-refractivity contribution in [2.75, 3.05) is 37.6 Å². The third kappa shape index (κ3) is 6.47. The van der Waals surface area contributed by atoms with Crippen LogP contribution < -0.4 is 4.90 Å². The molecule has 3 fully saturated rings. The molecule has 2 N–H and O–H groups in total. The number of nitrogens with zero attached hydrogens (tertiary/aromatic N) is 6. The zero-order valence-electron chi connectivity index (χ0n) is 28.3. The number of piperazine rings is 1. The Labute approximate surface area is 287 Å². The second-order valence-corrected chi connectivity index (χ2v) is 14.3. The number of benzene rings is 1. The van der Waals surface area contributed by atoms with E-state index >= 15 is 0 Å². The predicted octanol–water partition coefficient (Wildman–Crippen LogP) is 5.07. The van der Waals surface area contributed by atoms with Crippen LogP contribution in [0, 0.1) is 24.2 Å². The molecule has 1 aromatic carbocycles. The number of hydrogen-bond donors (Lipinski definition) is 2. The van der Waals surface area contributed by atoms with Crippen molar-refractivity contribution >= 4 is 17.4 Å². The molecule has 1 saturated heterocycles. The number of ketones is 2. The zero-order valence-corrected chi connectivity index (χ0v) is 28.3. The number of phenols is 1. The fourth-order valence-electron chi connectivity index (χ4n) is 8.57. The number of carbonyl (C=O) groups excluding carboxylic acids is 2. The van der Waals surface area contributed by atoms with E-state index in [9.17, 15) is 19.8 Å². The minimum Gasteiger partial charge on any atom is -0.508 e. The largest absolute Gasteiger partial charge is 0.508 e. The Morgan fingerprint density at radius 2 is 1.67 bits per heavy atom. The van der Waals surface area contributed by atoms with E-state index in [0.717, 1.165) is 41.9 Å². The van der Waals surface area contributed by atoms with Gasteiger partial charge in [-0.15, -0.1) is 0 Å². The molecule has 10 nitrogen and oxygen atoms in total. The molecule has 0 spiro atoms. The number of aromatic nitrogens is 4. The van der Waals surface area contributed by atoms with Crippen molar-refractivity contribution in [3.63, 3.8) is 0 Å². The molecule has 0 radical (unpaired) electrons. The Balaban J connectivity index is 1.03. The van der Waals surface area contributed by atoms with Crippen molar-refractivity contribution in [1.29, 1.82) is 0 Å². The standard InChI is InChI=1S/C39H44N6O4/c1-26-9-12-29(46)21-27(26)10-11-28-22-30(47)24-38(2)31(28)13-14-39(38,49)35(48)25-44-17-19-45(20-18-44)36-23-34(32-7-3-5-15-40-32)42-37(43-36)33-8-4-6-16-41-33/h3-9,12,15-16,21,23,28,31,46,49H,10-11,13-14,17-20,22,24-25H2,1-2H3/t28?,31?,38?,39-/m0/s1. The van der Waals surface area contributed by atoms with Crippen molar-refractivity contribution in [2.45, 2.75) is 58.0 Å². The molecule has 3 aromatic heterocycles. The van der Waals surface area contributed by atoms with Gasteiger partial charge in [0.05, 0.1) is 17.9 Å². The number of aromatic hydroxyl groups is 1. The molecular formula is C39H44N6O4. The number of Topliss-reactive ketones (excluding diaryl/α,β-unsaturated/α-hetero) is 2. The summed E-state index contributed by atoms with van der Waals surface area (Å²) in [7, 11) is 0. The number of hydrogen-bond acceptors (Lipinski definition) is 10. The lowest BCUT2D eigenvalue weighted by Gasteiger charge is -2.48. The van der Waals surface area contributed by atoms with Crippen LogP contribution in [0.4, 0.5) is 5.82 Å². The third-order valence-electron chi connectivity index (χ3n) is 11.4. The van der Waals surface area contributed by atoms with Crippen LogP contribution in [-0.4, -0.2) is 84.9 Å². The van der Waals surface area contributed by atoms with Gasteiger partial charge >= 0.3 is 0 Å². The summed E-state index contributed by atoms with van der Waals surface area (Å²) in [5.74, 6) is 1.68. The maximum atomic E-state index is 14.0. The average molecular weight is 661 g/mol. The van der Waals surface area contributed by atoms with Gasteiger partial charge in [-0.05, 0) is 92.0 Å². The van der Waals surface area contributed by atoms with E-state index < -0.39 is 11.0 Å². The molecule has 7 rings (SSSR count). The summed E-state index contributed by atoms with van der Waals surface area (Å²) in [4.78, 5) is 50.1. The van der Waals surface area contributed by atoms with Gasteiger partial charge < -0.3 is 15.1 Å². The Morgan fingerprint density at radius 3 is 2.39 bits per heavy atom. The van der Waals surface area contributed by atoms with Gasteiger partial charge in [0.2, 0.25) is 0 Å². The van der Waals surface area contributed by atoms with Gasteiger partial charge in [0, 0.05) is 62.9 Å². The fourth-order valence-corrected chi connectivity index (χ4v) is 8.57. The van der Waals surface area contributed by atoms with Crippen LogP contribution in [0.3, 0.4) is 0 Å². The number of aliphatic hydroxyl groups is 1. The maximum Gasteiger partial charge on any atom is 0.180 e. The number of phenolic OH excluding ortho intramolecular Hbond substituents is 1. The molecule has 0 amide bonds. The Morgan fingerprint density at radius 1 is 0.939 bits per heavy atom. The maximum absolute atomic E-state index is 14.0. The number of aryl methyl sites for hydroxylation is 2. The van der Waals surface area contributed by atoms with Crippen LogP contribution in [-0.2, 0) is 16.0 Å². The number of fused-ring (bicyclic) bond motifs is 1. The van der Waals surface area contributed by atoms with E-state index in [4.69, 9.17) is 9.97 Å². The van der Waals surface area contributed by atoms with Crippen LogP contribution in [0.15, 0.2) is 73.1 Å². The summed E-state index contributed by atoms with van der Waals surface area (Å²) < 4.78 is 0. The molecule has 0 bridgehead atoms. The number of pyridine rings is 2. The highest BCUT2D eigenvalue weighted by Crippen LogP contribution is 2.59. The van der Waals surface area contributed by atoms with Gasteiger partial charge in [-0.25, -0.2) is 9.97 Å². The third-order valence-corrected chi connectivity index (χ3v) is 11.4. The molecule has 2 aliphatic carbocycles. The van der Waals surface area contributed by atoms with E-state index in [-0.39, 0.29) is 42.1 Å². The van der Waals surface area contributed by atoms with E-state index in [2.05, 4.69) is 19.8 Å². The Bertz CT molecular complexity index is 1770. The first-order valence-electron chi connectivity index (χ1n) is 17.4. The molecule has 3 unspecified atom stereocenters. The first kappa shape index (κ1) is 33.0. The van der Waals surface area contributed by atoms with Gasteiger partial charge in [0.25, 0.3) is 0 Å². The second-order valence-electron chi connectivity index (χ2n) is 14.3. The molecule has 4 heterocycles. The number of carbonyl (C=O) groups is 2. The van der Waals surface area contributed by atoms with Crippen LogP contribution in [0.2, 0.25) is 0 Å². The summed E-state index contributed by atoms with van der Waals surface area (Å²) in [6.07, 6.45) is 6.84. The van der Waals surface area contributed by atoms with E-state index in [1.807, 2.05) is 62.4 Å². The van der Waals surface area contributed by atoms with E-state index in [0.29, 0.717) is 56.2 Å². The molecule has 4 aromatic rings. The summed E-state index contributed by atoms with van der Waals surface area (Å²) >= 11 is 0. The van der Waals surface area contributed by atoms with Crippen LogP contribution in [0.25, 0.3) is 22.9 Å². The highest BCUT2D eigenvalue weighted by molar-refractivity contribution is 5.92. The zero-order chi connectivity index (χ0) is 34.2. The summed E-state index contributed by atoms with van der Waals surface area (Å²) in [6, 6.07) is 18.8. The predicted molar refractivity (Wildman–Crippen MR) is 187 cm³/mol. The van der Waals surface area contributed by atoms with E-state index in [1.54, 1.807) is 24.5 Å². The monoisotopic (exact) mass is 660 g/mol. The summed E-state index contributed by atoms with van der Waals surface area (Å²) in [5, 5.41) is 22.2. The minimum atomic E-state index is -1.54. The van der Waals surface area contributed by atoms with Gasteiger partial charge in [-0.3, -0.25) is 24.5 Å². The second kappa shape index (κ2) is 13.4. The van der Waals surface area contributed by atoms with Gasteiger partial charge in [-0.1, -0.05) is 25.1 Å². The first-order chi connectivity index (χ1) is 23.6. The molecule has 10 heteroatoms. The Kier molecular flexibility index (Phi) is 9.02. The smallest absolute Gasteiger partial charge is 0.180 e. The lowest BCUT2D eigenvalue weighted by atomic mass is 9.57. The number of rotatable bonds is 9. The van der Waals surface area contributed by atoms with Crippen molar-refractivity contribution < 1.29 is 19.8 Å². The normalized spacial score (nSPS) is 25.7. The highest BCUT2D eigenvalue weighted by atomic mass is 16.3. The molecule has 49 heavy (non-hydrogen) atoms. The van der Waals surface area contributed by atoms with Gasteiger partial charge in [0.15, 0.2) is 11.6 Å². The SMILES string of the molecule is Cc1ccc(O)cc1CCC1CC(=O)CC2(C)C1CC[C@]2(O)C(=O)CN1CCN(c2cc(-c3ccccn3)nc(-c3ccccn3)n2)CC1. The van der Waals surface area contributed by atoms with Crippen molar-refractivity contribution in [1.82, 2.24) is 24.8 Å². The minimum absolute atomic E-state index is 0.0907. The number of anilines is 1. The van der Waals surface area contributed by atoms with Crippen molar-refractivity contribution in [2.24, 2.45) is 17.3 Å². The van der Waals surface area contributed by atoms with E-state index in [1.165, 1.54) is 0 Å². The van der Waals surface area contributed by atoms with Crippen LogP contribution >= 0.6 is 0 Å². The lowest BCUT2D eigenvalue weighted by molar-refractivity contribution is -0.160. The van der Waals surface area contributed by atoms with Gasteiger partial charge in [-0.2, -0.15) is 0 Å². The molecular weight excluding hydrogens is 616 g/mol. The first-order valence-corrected chi connectivity index (χ1v) is 17.4. The summed E-state index contributed by atoms with van der Waals surface area (Å²) in [6.45, 7) is 6.73. The topological polar surface area (TPSA) is 133 Å². The molecule has 1 aliphatic heterocycles. The summed E-state index contributed by atoms with van der Waals surface area (Å²) in [5.41, 5.74) is 2.01. The van der Waals surface area contributed by atoms with Gasteiger partial charge in [0.1, 0.15) is 28.6 Å². The van der Waals surface area contributed by atoms with Crippen molar-refractivity contribution in [3.8, 4) is 28.7 Å². The Hall–Kier alpha value is -4.54. The fraction of sp³-hybridized carbons (Fsp3) is 0.436.